The summed E-state index contributed by atoms with van der Waals surface area (Å²) in [6.45, 7) is 2.14. The molecule has 3 rings (SSSR count). The highest BCUT2D eigenvalue weighted by Gasteiger charge is 2.33. The summed E-state index contributed by atoms with van der Waals surface area (Å²) in [5.74, 6) is -3.45. The Morgan fingerprint density at radius 3 is 2.73 bits per heavy atom. The number of methoxy groups -OCH3 is 1. The fourth-order valence-corrected chi connectivity index (χ4v) is 3.44. The van der Waals surface area contributed by atoms with E-state index in [-0.39, 0.29) is 30.5 Å². The molecule has 0 saturated carbocycles. The zero-order valence-corrected chi connectivity index (χ0v) is 17.4. The SMILES string of the molecule is COC(=O)c1cccc(NC(=O)c2cc(Cl)c(C)nc2N2CCCC(F)(F)CC2)c1. The summed E-state index contributed by atoms with van der Waals surface area (Å²) in [4.78, 5) is 30.8. The molecule has 1 N–H and O–H groups in total. The van der Waals surface area contributed by atoms with Gasteiger partial charge in [0.05, 0.1) is 29.0 Å². The zero-order chi connectivity index (χ0) is 21.9. The molecule has 1 saturated heterocycles. The first-order chi connectivity index (χ1) is 14.2. The van der Waals surface area contributed by atoms with Crippen molar-refractivity contribution in [2.45, 2.75) is 32.1 Å². The molecular formula is C21H22ClF2N3O3. The second-order valence-electron chi connectivity index (χ2n) is 7.15. The molecule has 2 heterocycles. The van der Waals surface area contributed by atoms with E-state index in [0.717, 1.165) is 0 Å². The molecule has 1 amide bonds. The topological polar surface area (TPSA) is 71.5 Å². The first-order valence-corrected chi connectivity index (χ1v) is 9.87. The van der Waals surface area contributed by atoms with Crippen molar-refractivity contribution in [3.8, 4) is 0 Å². The van der Waals surface area contributed by atoms with Crippen molar-refractivity contribution in [3.05, 3.63) is 52.2 Å². The molecule has 30 heavy (non-hydrogen) atoms. The second kappa shape index (κ2) is 8.95. The number of nitrogens with zero attached hydrogens (tertiary/aromatic N) is 2. The summed E-state index contributed by atoms with van der Waals surface area (Å²) >= 11 is 6.19. The number of rotatable bonds is 4. The number of ether oxygens (including phenoxy) is 1. The van der Waals surface area contributed by atoms with Gasteiger partial charge in [0.15, 0.2) is 0 Å². The first kappa shape index (κ1) is 22.0. The smallest absolute Gasteiger partial charge is 0.337 e. The number of amides is 1. The Labute approximate surface area is 178 Å². The van der Waals surface area contributed by atoms with Crippen molar-refractivity contribution >= 4 is 35.0 Å². The van der Waals surface area contributed by atoms with Gasteiger partial charge >= 0.3 is 5.97 Å². The highest BCUT2D eigenvalue weighted by Crippen LogP contribution is 2.32. The molecule has 1 aliphatic rings. The summed E-state index contributed by atoms with van der Waals surface area (Å²) in [6, 6.07) is 7.77. The van der Waals surface area contributed by atoms with Crippen LogP contribution in [-0.2, 0) is 4.74 Å². The molecule has 0 radical (unpaired) electrons. The molecule has 1 fully saturated rings. The number of hydrogen-bond acceptors (Lipinski definition) is 5. The van der Waals surface area contributed by atoms with E-state index in [0.29, 0.717) is 35.2 Å². The number of benzene rings is 1. The van der Waals surface area contributed by atoms with Crippen LogP contribution in [0.4, 0.5) is 20.3 Å². The molecule has 1 aromatic heterocycles. The van der Waals surface area contributed by atoms with E-state index in [1.54, 1.807) is 30.0 Å². The minimum atomic E-state index is -2.73. The van der Waals surface area contributed by atoms with Crippen LogP contribution in [0.5, 0.6) is 0 Å². The van der Waals surface area contributed by atoms with Crippen LogP contribution in [-0.4, -0.2) is 43.0 Å². The van der Waals surface area contributed by atoms with Gasteiger partial charge in [-0.25, -0.2) is 18.6 Å². The lowest BCUT2D eigenvalue weighted by Gasteiger charge is -2.24. The van der Waals surface area contributed by atoms with Crippen LogP contribution in [0.1, 0.15) is 45.7 Å². The van der Waals surface area contributed by atoms with Crippen LogP contribution in [0, 0.1) is 6.92 Å². The number of esters is 1. The predicted octanol–water partition coefficient (Wildman–Crippen LogP) is 4.71. The van der Waals surface area contributed by atoms with E-state index in [1.165, 1.54) is 19.2 Å². The monoisotopic (exact) mass is 437 g/mol. The standard InChI is InChI=1S/C21H22ClF2N3O3/c1-13-17(22)12-16(18(25-13)27-9-4-7-21(23,24)8-10-27)19(28)26-15-6-3-5-14(11-15)20(29)30-2/h3,5-6,11-12H,4,7-10H2,1-2H3,(H,26,28). The van der Waals surface area contributed by atoms with E-state index in [4.69, 9.17) is 11.6 Å². The molecule has 6 nitrogen and oxygen atoms in total. The fourth-order valence-electron chi connectivity index (χ4n) is 3.29. The predicted molar refractivity (Wildman–Crippen MR) is 111 cm³/mol. The number of hydrogen-bond donors (Lipinski definition) is 1. The Morgan fingerprint density at radius 2 is 2.00 bits per heavy atom. The summed E-state index contributed by atoms with van der Waals surface area (Å²) in [7, 11) is 1.27. The minimum absolute atomic E-state index is 0.0825. The lowest BCUT2D eigenvalue weighted by atomic mass is 10.1. The number of halogens is 3. The molecule has 9 heteroatoms. The maximum absolute atomic E-state index is 13.8. The molecule has 0 unspecified atom stereocenters. The molecular weight excluding hydrogens is 416 g/mol. The maximum Gasteiger partial charge on any atom is 0.337 e. The Morgan fingerprint density at radius 1 is 1.23 bits per heavy atom. The summed E-state index contributed by atoms with van der Waals surface area (Å²) in [6.07, 6.45) is -0.213. The van der Waals surface area contributed by atoms with Crippen LogP contribution < -0.4 is 10.2 Å². The number of anilines is 2. The second-order valence-corrected chi connectivity index (χ2v) is 7.56. The third-order valence-corrected chi connectivity index (χ3v) is 5.32. The van der Waals surface area contributed by atoms with Crippen molar-refractivity contribution in [3.63, 3.8) is 0 Å². The van der Waals surface area contributed by atoms with Gasteiger partial charge in [-0.15, -0.1) is 0 Å². The van der Waals surface area contributed by atoms with Crippen LogP contribution >= 0.6 is 11.6 Å². The van der Waals surface area contributed by atoms with Crippen molar-refractivity contribution in [1.82, 2.24) is 4.98 Å². The maximum atomic E-state index is 13.8. The summed E-state index contributed by atoms with van der Waals surface area (Å²) in [5.41, 5.74) is 1.35. The van der Waals surface area contributed by atoms with E-state index in [1.807, 2.05) is 0 Å². The Balaban J connectivity index is 1.90. The van der Waals surface area contributed by atoms with E-state index < -0.39 is 17.8 Å². The van der Waals surface area contributed by atoms with E-state index >= 15 is 0 Å². The van der Waals surface area contributed by atoms with Crippen LogP contribution in [0.15, 0.2) is 30.3 Å². The van der Waals surface area contributed by atoms with Gasteiger partial charge in [0.1, 0.15) is 5.82 Å². The van der Waals surface area contributed by atoms with Crippen LogP contribution in [0.3, 0.4) is 0 Å². The molecule has 0 spiro atoms. The Hall–Kier alpha value is -2.74. The van der Waals surface area contributed by atoms with Gasteiger partial charge in [0.25, 0.3) is 5.91 Å². The average Bonchev–Trinajstić information content (AvgIpc) is 2.89. The normalized spacial score (nSPS) is 16.0. The van der Waals surface area contributed by atoms with Crippen molar-refractivity contribution in [1.29, 1.82) is 0 Å². The van der Waals surface area contributed by atoms with E-state index in [2.05, 4.69) is 15.0 Å². The summed E-state index contributed by atoms with van der Waals surface area (Å²) < 4.78 is 32.3. The number of aromatic nitrogens is 1. The highest BCUT2D eigenvalue weighted by atomic mass is 35.5. The molecule has 0 bridgehead atoms. The minimum Gasteiger partial charge on any atom is -0.465 e. The van der Waals surface area contributed by atoms with Gasteiger partial charge in [0.2, 0.25) is 5.92 Å². The van der Waals surface area contributed by atoms with Crippen molar-refractivity contribution in [2.24, 2.45) is 0 Å². The van der Waals surface area contributed by atoms with Gasteiger partial charge < -0.3 is 15.0 Å². The molecule has 0 atom stereocenters. The molecule has 160 valence electrons. The third kappa shape index (κ3) is 5.05. The molecule has 2 aromatic rings. The summed E-state index contributed by atoms with van der Waals surface area (Å²) in [5, 5.41) is 3.01. The first-order valence-electron chi connectivity index (χ1n) is 9.50. The molecule has 0 aliphatic carbocycles. The number of pyridine rings is 1. The van der Waals surface area contributed by atoms with Gasteiger partial charge in [-0.3, -0.25) is 4.79 Å². The zero-order valence-electron chi connectivity index (χ0n) is 16.7. The van der Waals surface area contributed by atoms with Gasteiger partial charge in [-0.1, -0.05) is 17.7 Å². The van der Waals surface area contributed by atoms with Gasteiger partial charge in [0, 0.05) is 31.6 Å². The quantitative estimate of drug-likeness (QED) is 0.701. The fraction of sp³-hybridized carbons (Fsp3) is 0.381. The lowest BCUT2D eigenvalue weighted by Crippen LogP contribution is -2.29. The number of carbonyl (C=O) groups is 2. The lowest BCUT2D eigenvalue weighted by molar-refractivity contribution is -0.0102. The average molecular weight is 438 g/mol. The number of alkyl halides is 2. The van der Waals surface area contributed by atoms with Crippen molar-refractivity contribution < 1.29 is 23.1 Å². The molecule has 1 aromatic carbocycles. The van der Waals surface area contributed by atoms with Crippen LogP contribution in [0.25, 0.3) is 0 Å². The number of nitrogens with one attached hydrogen (secondary N) is 1. The highest BCUT2D eigenvalue weighted by molar-refractivity contribution is 6.31. The number of aryl methyl sites for hydroxylation is 1. The Bertz CT molecular complexity index is 969. The van der Waals surface area contributed by atoms with Gasteiger partial charge in [-0.05, 0) is 37.6 Å². The van der Waals surface area contributed by atoms with Crippen molar-refractivity contribution in [2.75, 3.05) is 30.4 Å². The van der Waals surface area contributed by atoms with Gasteiger partial charge in [-0.2, -0.15) is 0 Å². The largest absolute Gasteiger partial charge is 0.465 e. The Kier molecular flexibility index (Phi) is 6.55. The number of carbonyl (C=O) groups excluding carboxylic acids is 2. The van der Waals surface area contributed by atoms with E-state index in [9.17, 15) is 18.4 Å². The molecule has 1 aliphatic heterocycles. The van der Waals surface area contributed by atoms with Crippen LogP contribution in [0.2, 0.25) is 5.02 Å². The third-order valence-electron chi connectivity index (χ3n) is 4.93.